The Kier molecular flexibility index (Phi) is 4.16. The van der Waals surface area contributed by atoms with Crippen molar-refractivity contribution in [2.75, 3.05) is 19.4 Å². The number of benzene rings is 1. The van der Waals surface area contributed by atoms with Crippen LogP contribution in [-0.2, 0) is 6.54 Å². The zero-order valence-corrected chi connectivity index (χ0v) is 12.1. The third-order valence-electron chi connectivity index (χ3n) is 2.65. The van der Waals surface area contributed by atoms with Crippen molar-refractivity contribution in [3.63, 3.8) is 0 Å². The van der Waals surface area contributed by atoms with E-state index in [1.165, 1.54) is 0 Å². The second-order valence-corrected chi connectivity index (χ2v) is 5.46. The maximum atomic E-state index is 11.7. The van der Waals surface area contributed by atoms with Crippen LogP contribution in [0.25, 0.3) is 0 Å². The highest BCUT2D eigenvalue weighted by molar-refractivity contribution is 7.09. The maximum Gasteiger partial charge on any atom is 0.253 e. The monoisotopic (exact) mass is 275 g/mol. The lowest BCUT2D eigenvalue weighted by atomic mass is 10.2. The summed E-state index contributed by atoms with van der Waals surface area (Å²) in [5.74, 6) is 0.0158. The summed E-state index contributed by atoms with van der Waals surface area (Å²) in [6.07, 6.45) is 0. The minimum atomic E-state index is 0.0158. The highest BCUT2D eigenvalue weighted by Gasteiger charge is 2.07. The van der Waals surface area contributed by atoms with Crippen LogP contribution in [0.2, 0.25) is 0 Å². The van der Waals surface area contributed by atoms with Crippen molar-refractivity contribution in [3.05, 3.63) is 45.9 Å². The standard InChI is InChI=1S/C14H17N3OS/c1-10-9-19-13(16-10)8-15-12-6-4-11(5-7-12)14(18)17(2)3/h4-7,9,15H,8H2,1-3H3. The van der Waals surface area contributed by atoms with Crippen molar-refractivity contribution in [1.82, 2.24) is 9.88 Å². The fourth-order valence-corrected chi connectivity index (χ4v) is 2.36. The van der Waals surface area contributed by atoms with Gasteiger partial charge >= 0.3 is 0 Å². The van der Waals surface area contributed by atoms with Crippen molar-refractivity contribution < 1.29 is 4.79 Å². The number of aromatic nitrogens is 1. The molecule has 0 saturated heterocycles. The molecule has 0 aliphatic rings. The highest BCUT2D eigenvalue weighted by atomic mass is 32.1. The molecule has 0 atom stereocenters. The van der Waals surface area contributed by atoms with E-state index in [2.05, 4.69) is 10.3 Å². The van der Waals surface area contributed by atoms with Gasteiger partial charge in [0, 0.05) is 36.4 Å². The summed E-state index contributed by atoms with van der Waals surface area (Å²) in [5.41, 5.74) is 2.73. The van der Waals surface area contributed by atoms with Crippen LogP contribution in [0.15, 0.2) is 29.6 Å². The number of thiazole rings is 1. The van der Waals surface area contributed by atoms with Crippen LogP contribution in [0.1, 0.15) is 21.1 Å². The van der Waals surface area contributed by atoms with Gasteiger partial charge < -0.3 is 10.2 Å². The van der Waals surface area contributed by atoms with E-state index in [4.69, 9.17) is 0 Å². The third kappa shape index (κ3) is 3.54. The summed E-state index contributed by atoms with van der Waals surface area (Å²) in [6.45, 7) is 2.70. The zero-order chi connectivity index (χ0) is 13.8. The summed E-state index contributed by atoms with van der Waals surface area (Å²) in [5, 5.41) is 6.39. The Hall–Kier alpha value is -1.88. The van der Waals surface area contributed by atoms with E-state index in [0.29, 0.717) is 12.1 Å². The molecule has 0 aliphatic heterocycles. The summed E-state index contributed by atoms with van der Waals surface area (Å²) in [6, 6.07) is 7.49. The van der Waals surface area contributed by atoms with Gasteiger partial charge in [-0.05, 0) is 31.2 Å². The first-order valence-corrected chi connectivity index (χ1v) is 6.91. The molecule has 5 heteroatoms. The molecule has 1 N–H and O–H groups in total. The first kappa shape index (κ1) is 13.5. The number of amides is 1. The topological polar surface area (TPSA) is 45.2 Å². The van der Waals surface area contributed by atoms with Crippen LogP contribution in [-0.4, -0.2) is 29.9 Å². The fourth-order valence-electron chi connectivity index (χ4n) is 1.65. The van der Waals surface area contributed by atoms with E-state index in [0.717, 1.165) is 16.4 Å². The number of anilines is 1. The van der Waals surface area contributed by atoms with Gasteiger partial charge in [0.15, 0.2) is 0 Å². The van der Waals surface area contributed by atoms with Crippen molar-refractivity contribution in [1.29, 1.82) is 0 Å². The molecule has 0 fully saturated rings. The first-order chi connectivity index (χ1) is 9.06. The molecule has 1 aromatic carbocycles. The summed E-state index contributed by atoms with van der Waals surface area (Å²) in [4.78, 5) is 17.7. The quantitative estimate of drug-likeness (QED) is 0.933. The predicted molar refractivity (Wildman–Crippen MR) is 78.6 cm³/mol. The van der Waals surface area contributed by atoms with E-state index in [1.807, 2.05) is 36.6 Å². The molecule has 0 spiro atoms. The van der Waals surface area contributed by atoms with Crippen molar-refractivity contribution in [3.8, 4) is 0 Å². The molecular formula is C14H17N3OS. The SMILES string of the molecule is Cc1csc(CNc2ccc(C(=O)N(C)C)cc2)n1. The number of hydrogen-bond acceptors (Lipinski definition) is 4. The van der Waals surface area contributed by atoms with Gasteiger partial charge in [0.25, 0.3) is 5.91 Å². The summed E-state index contributed by atoms with van der Waals surface area (Å²) in [7, 11) is 3.50. The van der Waals surface area contributed by atoms with Gasteiger partial charge in [-0.2, -0.15) is 0 Å². The van der Waals surface area contributed by atoms with Crippen molar-refractivity contribution >= 4 is 22.9 Å². The number of carbonyl (C=O) groups excluding carboxylic acids is 1. The van der Waals surface area contributed by atoms with Gasteiger partial charge in [0.2, 0.25) is 0 Å². The van der Waals surface area contributed by atoms with Gasteiger partial charge in [-0.25, -0.2) is 4.98 Å². The Morgan fingerprint density at radius 2 is 2.00 bits per heavy atom. The van der Waals surface area contributed by atoms with Crippen LogP contribution in [0.5, 0.6) is 0 Å². The van der Waals surface area contributed by atoms with Gasteiger partial charge in [0.1, 0.15) is 5.01 Å². The van der Waals surface area contributed by atoms with E-state index >= 15 is 0 Å². The second-order valence-electron chi connectivity index (χ2n) is 4.51. The van der Waals surface area contributed by atoms with Crippen LogP contribution in [0.3, 0.4) is 0 Å². The molecule has 4 nitrogen and oxygen atoms in total. The van der Waals surface area contributed by atoms with Crippen molar-refractivity contribution in [2.45, 2.75) is 13.5 Å². The van der Waals surface area contributed by atoms with E-state index in [1.54, 1.807) is 30.3 Å². The largest absolute Gasteiger partial charge is 0.379 e. The number of carbonyl (C=O) groups is 1. The number of hydrogen-bond donors (Lipinski definition) is 1. The number of nitrogens with one attached hydrogen (secondary N) is 1. The molecule has 19 heavy (non-hydrogen) atoms. The predicted octanol–water partition coefficient (Wildman–Crippen LogP) is 2.77. The Bertz CT molecular complexity index is 560. The Morgan fingerprint density at radius 1 is 1.32 bits per heavy atom. The first-order valence-electron chi connectivity index (χ1n) is 6.03. The molecule has 0 saturated carbocycles. The molecule has 0 radical (unpaired) electrons. The van der Waals surface area contributed by atoms with Crippen LogP contribution < -0.4 is 5.32 Å². The molecule has 0 aliphatic carbocycles. The molecule has 1 aromatic heterocycles. The number of aryl methyl sites for hydroxylation is 1. The van der Waals surface area contributed by atoms with Crippen LogP contribution in [0.4, 0.5) is 5.69 Å². The van der Waals surface area contributed by atoms with E-state index < -0.39 is 0 Å². The van der Waals surface area contributed by atoms with Gasteiger partial charge in [0.05, 0.1) is 6.54 Å². The maximum absolute atomic E-state index is 11.7. The zero-order valence-electron chi connectivity index (χ0n) is 11.3. The normalized spacial score (nSPS) is 10.3. The minimum absolute atomic E-state index is 0.0158. The molecule has 2 rings (SSSR count). The fraction of sp³-hybridized carbons (Fsp3) is 0.286. The lowest BCUT2D eigenvalue weighted by Crippen LogP contribution is -2.21. The number of rotatable bonds is 4. The molecule has 0 unspecified atom stereocenters. The van der Waals surface area contributed by atoms with Gasteiger partial charge in [-0.1, -0.05) is 0 Å². The lowest BCUT2D eigenvalue weighted by molar-refractivity contribution is 0.0827. The molecule has 2 aromatic rings. The Labute approximate surface area is 117 Å². The number of nitrogens with zero attached hydrogens (tertiary/aromatic N) is 2. The summed E-state index contributed by atoms with van der Waals surface area (Å²) >= 11 is 1.65. The molecule has 100 valence electrons. The molecule has 1 heterocycles. The van der Waals surface area contributed by atoms with Crippen molar-refractivity contribution in [2.24, 2.45) is 0 Å². The summed E-state index contributed by atoms with van der Waals surface area (Å²) < 4.78 is 0. The van der Waals surface area contributed by atoms with Gasteiger partial charge in [-0.3, -0.25) is 4.79 Å². The molecule has 1 amide bonds. The smallest absolute Gasteiger partial charge is 0.253 e. The molecular weight excluding hydrogens is 258 g/mol. The second kappa shape index (κ2) is 5.84. The van der Waals surface area contributed by atoms with Crippen LogP contribution in [0, 0.1) is 6.92 Å². The third-order valence-corrected chi connectivity index (χ3v) is 3.62. The lowest BCUT2D eigenvalue weighted by Gasteiger charge is -2.11. The highest BCUT2D eigenvalue weighted by Crippen LogP contribution is 2.14. The van der Waals surface area contributed by atoms with Crippen LogP contribution >= 0.6 is 11.3 Å². The van der Waals surface area contributed by atoms with Gasteiger partial charge in [-0.15, -0.1) is 11.3 Å². The molecule has 0 bridgehead atoms. The average molecular weight is 275 g/mol. The van der Waals surface area contributed by atoms with E-state index in [9.17, 15) is 4.79 Å². The Balaban J connectivity index is 1.97. The minimum Gasteiger partial charge on any atom is -0.379 e. The van der Waals surface area contributed by atoms with E-state index in [-0.39, 0.29) is 5.91 Å². The Morgan fingerprint density at radius 3 is 2.53 bits per heavy atom. The average Bonchev–Trinajstić information content (AvgIpc) is 2.82.